The second-order valence-corrected chi connectivity index (χ2v) is 5.90. The molecule has 1 heterocycles. The van der Waals surface area contributed by atoms with Gasteiger partial charge in [-0.25, -0.2) is 0 Å². The molecule has 6 heteroatoms. The number of ether oxygens (including phenoxy) is 2. The van der Waals surface area contributed by atoms with Gasteiger partial charge >= 0.3 is 0 Å². The number of carbonyl (C=O) groups excluding carboxylic acids is 1. The minimum absolute atomic E-state index is 0.0433. The summed E-state index contributed by atoms with van der Waals surface area (Å²) < 4.78 is 10.5. The highest BCUT2D eigenvalue weighted by Crippen LogP contribution is 2.29. The van der Waals surface area contributed by atoms with Gasteiger partial charge in [-0.2, -0.15) is 0 Å². The van der Waals surface area contributed by atoms with Gasteiger partial charge in [-0.15, -0.1) is 0 Å². The van der Waals surface area contributed by atoms with Crippen LogP contribution in [-0.2, 0) is 4.79 Å². The molecule has 1 atom stereocenters. The van der Waals surface area contributed by atoms with Gasteiger partial charge < -0.3 is 24.6 Å². The summed E-state index contributed by atoms with van der Waals surface area (Å²) >= 11 is 0. The quantitative estimate of drug-likeness (QED) is 0.617. The number of piperazine rings is 1. The molecule has 0 unspecified atom stereocenters. The fourth-order valence-corrected chi connectivity index (χ4v) is 2.78. The van der Waals surface area contributed by atoms with Gasteiger partial charge in [0.05, 0.1) is 21.3 Å². The van der Waals surface area contributed by atoms with Crippen LogP contribution in [0.4, 0.5) is 5.69 Å². The highest BCUT2D eigenvalue weighted by molar-refractivity contribution is 5.93. The van der Waals surface area contributed by atoms with Crippen molar-refractivity contribution in [2.45, 2.75) is 13.0 Å². The van der Waals surface area contributed by atoms with E-state index in [-0.39, 0.29) is 11.9 Å². The highest BCUT2D eigenvalue weighted by Gasteiger charge is 2.29. The summed E-state index contributed by atoms with van der Waals surface area (Å²) in [7, 11) is 5.38. The van der Waals surface area contributed by atoms with Crippen molar-refractivity contribution in [3.8, 4) is 11.5 Å². The topological polar surface area (TPSA) is 56.4 Å². The second kappa shape index (κ2) is 7.47. The van der Waals surface area contributed by atoms with Crippen molar-refractivity contribution in [3.05, 3.63) is 18.2 Å². The molecule has 1 saturated heterocycles. The van der Waals surface area contributed by atoms with Crippen LogP contribution in [0.2, 0.25) is 0 Å². The predicted octanol–water partition coefficient (Wildman–Crippen LogP) is -1.56. The number of anilines is 1. The number of methoxy groups -OCH3 is 2. The molecule has 0 saturated carbocycles. The average Bonchev–Trinajstić information content (AvgIpc) is 2.54. The summed E-state index contributed by atoms with van der Waals surface area (Å²) in [4.78, 5) is 15.3. The molecule has 0 spiro atoms. The zero-order chi connectivity index (χ0) is 16.1. The van der Waals surface area contributed by atoms with Crippen LogP contribution in [0.5, 0.6) is 11.5 Å². The fourth-order valence-electron chi connectivity index (χ4n) is 2.78. The van der Waals surface area contributed by atoms with Gasteiger partial charge in [-0.3, -0.25) is 4.79 Å². The van der Waals surface area contributed by atoms with E-state index in [1.807, 2.05) is 13.0 Å². The number of hydrogen-bond donors (Lipinski definition) is 3. The van der Waals surface area contributed by atoms with Crippen molar-refractivity contribution in [2.24, 2.45) is 0 Å². The predicted molar refractivity (Wildman–Crippen MR) is 85.0 cm³/mol. The Balaban J connectivity index is 1.99. The van der Waals surface area contributed by atoms with Gasteiger partial charge in [-0.1, -0.05) is 0 Å². The molecule has 1 fully saturated rings. The van der Waals surface area contributed by atoms with Crippen LogP contribution in [0.25, 0.3) is 0 Å². The first kappa shape index (κ1) is 16.6. The van der Waals surface area contributed by atoms with Crippen molar-refractivity contribution in [2.75, 3.05) is 52.8 Å². The van der Waals surface area contributed by atoms with Crippen molar-refractivity contribution in [3.63, 3.8) is 0 Å². The van der Waals surface area contributed by atoms with Crippen molar-refractivity contribution in [1.82, 2.24) is 0 Å². The lowest BCUT2D eigenvalue weighted by Gasteiger charge is -2.30. The van der Waals surface area contributed by atoms with E-state index in [1.54, 1.807) is 26.4 Å². The van der Waals surface area contributed by atoms with Crippen molar-refractivity contribution < 1.29 is 24.1 Å². The number of hydrogen-bond acceptors (Lipinski definition) is 3. The first-order valence-electron chi connectivity index (χ1n) is 7.74. The van der Waals surface area contributed by atoms with Crippen LogP contribution in [0.3, 0.4) is 0 Å². The summed E-state index contributed by atoms with van der Waals surface area (Å²) in [6.07, 6.45) is 0. The average molecular weight is 309 g/mol. The third kappa shape index (κ3) is 3.90. The molecule has 1 amide bonds. The maximum atomic E-state index is 12.4. The van der Waals surface area contributed by atoms with Gasteiger partial charge in [0, 0.05) is 11.8 Å². The monoisotopic (exact) mass is 309 g/mol. The number of quaternary nitrogens is 2. The minimum atomic E-state index is -0.0544. The Labute approximate surface area is 132 Å². The van der Waals surface area contributed by atoms with Gasteiger partial charge in [0.2, 0.25) is 0 Å². The molecular formula is C16H27N3O3+2. The molecule has 0 aromatic heterocycles. The maximum absolute atomic E-state index is 12.4. The molecule has 1 aromatic rings. The Hall–Kier alpha value is -1.79. The van der Waals surface area contributed by atoms with Gasteiger partial charge in [0.15, 0.2) is 17.5 Å². The summed E-state index contributed by atoms with van der Waals surface area (Å²) in [5, 5.41) is 2.97. The molecule has 22 heavy (non-hydrogen) atoms. The van der Waals surface area contributed by atoms with E-state index in [4.69, 9.17) is 9.47 Å². The van der Waals surface area contributed by atoms with Crippen LogP contribution in [0, 0.1) is 0 Å². The Kier molecular flexibility index (Phi) is 5.63. The van der Waals surface area contributed by atoms with Gasteiger partial charge in [0.1, 0.15) is 26.2 Å². The number of nitrogens with one attached hydrogen (secondary N) is 3. The third-order valence-corrected chi connectivity index (χ3v) is 4.40. The van der Waals surface area contributed by atoms with Crippen LogP contribution in [-0.4, -0.2) is 59.4 Å². The van der Waals surface area contributed by atoms with E-state index in [0.717, 1.165) is 31.9 Å². The van der Waals surface area contributed by atoms with Gasteiger partial charge in [-0.05, 0) is 19.1 Å². The Morgan fingerprint density at radius 3 is 2.36 bits per heavy atom. The smallest absolute Gasteiger partial charge is 0.282 e. The normalized spacial score (nSPS) is 22.7. The first-order chi connectivity index (χ1) is 10.5. The summed E-state index contributed by atoms with van der Waals surface area (Å²) in [5.74, 6) is 1.31. The van der Waals surface area contributed by atoms with Crippen LogP contribution in [0.15, 0.2) is 18.2 Å². The lowest BCUT2D eigenvalue weighted by atomic mass is 10.2. The summed E-state index contributed by atoms with van der Waals surface area (Å²) in [6, 6.07) is 5.36. The standard InChI is InChI=1S/C16H25N3O3/c1-12(19-9-7-18(2)8-10-19)16(20)17-13-5-6-14(21-3)15(11-13)22-4/h5-6,11-12H,7-10H2,1-4H3,(H,17,20)/p+2/t12-/m0/s1. The highest BCUT2D eigenvalue weighted by atomic mass is 16.5. The summed E-state index contributed by atoms with van der Waals surface area (Å²) in [5.41, 5.74) is 0.730. The van der Waals surface area contributed by atoms with E-state index in [2.05, 4.69) is 12.4 Å². The molecule has 0 bridgehead atoms. The summed E-state index contributed by atoms with van der Waals surface area (Å²) in [6.45, 7) is 6.29. The van der Waals surface area contributed by atoms with Crippen molar-refractivity contribution >= 4 is 11.6 Å². The molecule has 0 aliphatic carbocycles. The third-order valence-electron chi connectivity index (χ3n) is 4.40. The maximum Gasteiger partial charge on any atom is 0.282 e. The van der Waals surface area contributed by atoms with Gasteiger partial charge in [0.25, 0.3) is 5.91 Å². The van der Waals surface area contributed by atoms with E-state index in [0.29, 0.717) is 11.5 Å². The van der Waals surface area contributed by atoms with E-state index < -0.39 is 0 Å². The SMILES string of the molecule is COc1ccc(NC(=O)[C@H](C)[NH+]2CC[NH+](C)CC2)cc1OC. The number of likely N-dealkylation sites (N-methyl/N-ethyl adjacent to an activating group) is 1. The molecule has 2 rings (SSSR count). The molecule has 3 N–H and O–H groups in total. The van der Waals surface area contributed by atoms with Crippen molar-refractivity contribution in [1.29, 1.82) is 0 Å². The van der Waals surface area contributed by atoms with E-state index >= 15 is 0 Å². The molecule has 1 aliphatic heterocycles. The second-order valence-electron chi connectivity index (χ2n) is 5.90. The molecule has 0 radical (unpaired) electrons. The number of rotatable bonds is 5. The molecular weight excluding hydrogens is 282 g/mol. The number of carbonyl (C=O) groups is 1. The first-order valence-corrected chi connectivity index (χ1v) is 7.74. The molecule has 122 valence electrons. The largest absolute Gasteiger partial charge is 0.493 e. The lowest BCUT2D eigenvalue weighted by Crippen LogP contribution is -3.29. The van der Waals surface area contributed by atoms with Crippen LogP contribution < -0.4 is 24.6 Å². The Morgan fingerprint density at radius 2 is 1.77 bits per heavy atom. The zero-order valence-electron chi connectivity index (χ0n) is 13.9. The Bertz CT molecular complexity index is 513. The van der Waals surface area contributed by atoms with Crippen LogP contribution >= 0.6 is 0 Å². The van der Waals surface area contributed by atoms with E-state index in [9.17, 15) is 4.79 Å². The molecule has 1 aliphatic rings. The minimum Gasteiger partial charge on any atom is -0.493 e. The zero-order valence-corrected chi connectivity index (χ0v) is 13.9. The number of amides is 1. The lowest BCUT2D eigenvalue weighted by molar-refractivity contribution is -1.01. The number of benzene rings is 1. The van der Waals surface area contributed by atoms with E-state index in [1.165, 1.54) is 9.80 Å². The fraction of sp³-hybridized carbons (Fsp3) is 0.562. The molecule has 1 aromatic carbocycles. The Morgan fingerprint density at radius 1 is 1.14 bits per heavy atom. The van der Waals surface area contributed by atoms with Crippen LogP contribution in [0.1, 0.15) is 6.92 Å². The molecule has 6 nitrogen and oxygen atoms in total.